The first-order chi connectivity index (χ1) is 12.1. The zero-order chi connectivity index (χ0) is 17.8. The molecule has 0 bridgehead atoms. The van der Waals surface area contributed by atoms with Gasteiger partial charge in [-0.3, -0.25) is 4.79 Å². The third-order valence-electron chi connectivity index (χ3n) is 4.25. The number of hydrogen-bond donors (Lipinski definition) is 0. The lowest BCUT2D eigenvalue weighted by Gasteiger charge is -2.17. The quantitative estimate of drug-likeness (QED) is 0.720. The first kappa shape index (κ1) is 17.5. The van der Waals surface area contributed by atoms with Gasteiger partial charge < -0.3 is 14.2 Å². The van der Waals surface area contributed by atoms with Crippen molar-refractivity contribution in [2.24, 2.45) is 0 Å². The molecule has 7 heteroatoms. The van der Waals surface area contributed by atoms with Crippen LogP contribution in [0.2, 0.25) is 0 Å². The maximum absolute atomic E-state index is 14.2. The number of ether oxygens (including phenoxy) is 1. The topological polar surface area (TPSA) is 68.5 Å². The number of benzene rings is 1. The second-order valence-corrected chi connectivity index (χ2v) is 6.21. The normalized spacial score (nSPS) is 17.5. The fourth-order valence-electron chi connectivity index (χ4n) is 2.95. The van der Waals surface area contributed by atoms with Crippen molar-refractivity contribution in [1.29, 1.82) is 0 Å². The van der Waals surface area contributed by atoms with Crippen LogP contribution in [0, 0.1) is 12.7 Å². The summed E-state index contributed by atoms with van der Waals surface area (Å²) >= 11 is 0. The molecule has 1 atom stereocenters. The molecule has 1 aliphatic rings. The van der Waals surface area contributed by atoms with E-state index < -0.39 is 5.82 Å². The van der Waals surface area contributed by atoms with Gasteiger partial charge in [-0.15, -0.1) is 0 Å². The van der Waals surface area contributed by atoms with Gasteiger partial charge in [0, 0.05) is 32.6 Å². The van der Waals surface area contributed by atoms with Crippen LogP contribution in [0.4, 0.5) is 10.1 Å². The molecule has 2 aromatic rings. The number of nitrogens with zero attached hydrogens (tertiary/aromatic N) is 3. The molecule has 1 saturated heterocycles. The number of halogens is 1. The van der Waals surface area contributed by atoms with Crippen LogP contribution in [0.5, 0.6) is 0 Å². The van der Waals surface area contributed by atoms with E-state index in [1.807, 2.05) is 13.8 Å². The predicted octanol–water partition coefficient (Wildman–Crippen LogP) is 3.01. The molecule has 1 fully saturated rings. The van der Waals surface area contributed by atoms with Gasteiger partial charge in [-0.25, -0.2) is 4.39 Å². The maximum atomic E-state index is 14.2. The predicted molar refractivity (Wildman–Crippen MR) is 90.0 cm³/mol. The maximum Gasteiger partial charge on any atom is 0.232 e. The Morgan fingerprint density at radius 3 is 3.04 bits per heavy atom. The molecule has 6 nitrogen and oxygen atoms in total. The highest BCUT2D eigenvalue weighted by molar-refractivity contribution is 5.96. The summed E-state index contributed by atoms with van der Waals surface area (Å²) in [6.07, 6.45) is 1.73. The van der Waals surface area contributed by atoms with Crippen LogP contribution in [0.1, 0.15) is 43.0 Å². The number of anilines is 1. The molecule has 1 aromatic carbocycles. The van der Waals surface area contributed by atoms with Gasteiger partial charge in [0.15, 0.2) is 5.82 Å². The summed E-state index contributed by atoms with van der Waals surface area (Å²) in [6, 6.07) is 4.86. The van der Waals surface area contributed by atoms with Crippen molar-refractivity contribution in [3.63, 3.8) is 0 Å². The highest BCUT2D eigenvalue weighted by Crippen LogP contribution is 2.32. The van der Waals surface area contributed by atoms with Crippen molar-refractivity contribution < 1.29 is 18.4 Å². The zero-order valence-corrected chi connectivity index (χ0v) is 14.5. The minimum Gasteiger partial charge on any atom is -0.382 e. The van der Waals surface area contributed by atoms with Crippen molar-refractivity contribution in [1.82, 2.24) is 10.1 Å². The van der Waals surface area contributed by atoms with Crippen molar-refractivity contribution in [3.05, 3.63) is 41.3 Å². The smallest absolute Gasteiger partial charge is 0.232 e. The van der Waals surface area contributed by atoms with Crippen LogP contribution in [-0.2, 0) is 16.0 Å². The van der Waals surface area contributed by atoms with E-state index in [1.54, 1.807) is 12.1 Å². The second-order valence-electron chi connectivity index (χ2n) is 6.21. The second kappa shape index (κ2) is 7.74. The van der Waals surface area contributed by atoms with Crippen LogP contribution >= 0.6 is 0 Å². The number of rotatable bonds is 7. The van der Waals surface area contributed by atoms with Gasteiger partial charge in [-0.2, -0.15) is 4.98 Å². The van der Waals surface area contributed by atoms with Crippen LogP contribution in [-0.4, -0.2) is 35.8 Å². The highest BCUT2D eigenvalue weighted by atomic mass is 19.1. The molecule has 2 heterocycles. The van der Waals surface area contributed by atoms with Gasteiger partial charge in [-0.05, 0) is 38.0 Å². The van der Waals surface area contributed by atoms with Crippen LogP contribution in [0.3, 0.4) is 0 Å². The number of carbonyl (C=O) groups is 1. The van der Waals surface area contributed by atoms with Crippen LogP contribution in [0.25, 0.3) is 0 Å². The lowest BCUT2D eigenvalue weighted by Crippen LogP contribution is -2.25. The number of aryl methyl sites for hydroxylation is 2. The van der Waals surface area contributed by atoms with Crippen molar-refractivity contribution in [2.45, 2.75) is 39.0 Å². The molecule has 25 heavy (non-hydrogen) atoms. The Hall–Kier alpha value is -2.28. The van der Waals surface area contributed by atoms with E-state index in [0.29, 0.717) is 43.6 Å². The first-order valence-electron chi connectivity index (χ1n) is 8.55. The number of amides is 1. The lowest BCUT2D eigenvalue weighted by atomic mass is 10.1. The molecule has 1 aliphatic heterocycles. The van der Waals surface area contributed by atoms with Gasteiger partial charge in [0.2, 0.25) is 11.8 Å². The fourth-order valence-corrected chi connectivity index (χ4v) is 2.95. The van der Waals surface area contributed by atoms with E-state index in [1.165, 1.54) is 11.0 Å². The van der Waals surface area contributed by atoms with E-state index >= 15 is 0 Å². The Labute approximate surface area is 146 Å². The summed E-state index contributed by atoms with van der Waals surface area (Å²) in [5, 5.41) is 3.96. The van der Waals surface area contributed by atoms with E-state index in [4.69, 9.17) is 9.26 Å². The molecule has 0 saturated carbocycles. The van der Waals surface area contributed by atoms with E-state index in [9.17, 15) is 9.18 Å². The monoisotopic (exact) mass is 347 g/mol. The van der Waals surface area contributed by atoms with E-state index in [2.05, 4.69) is 10.1 Å². The summed E-state index contributed by atoms with van der Waals surface area (Å²) in [5.74, 6) is 0.318. The molecule has 0 radical (unpaired) electrons. The van der Waals surface area contributed by atoms with Crippen LogP contribution in [0.15, 0.2) is 22.7 Å². The Morgan fingerprint density at radius 2 is 2.28 bits per heavy atom. The largest absolute Gasteiger partial charge is 0.382 e. The van der Waals surface area contributed by atoms with Crippen molar-refractivity contribution in [3.8, 4) is 0 Å². The van der Waals surface area contributed by atoms with Crippen molar-refractivity contribution in [2.75, 3.05) is 24.7 Å². The van der Waals surface area contributed by atoms with Crippen molar-refractivity contribution >= 4 is 11.6 Å². The zero-order valence-electron chi connectivity index (χ0n) is 14.5. The summed E-state index contributed by atoms with van der Waals surface area (Å²) in [5.41, 5.74) is 1.12. The van der Waals surface area contributed by atoms with Gasteiger partial charge in [0.25, 0.3) is 0 Å². The Morgan fingerprint density at radius 1 is 1.44 bits per heavy atom. The minimum atomic E-state index is -0.392. The van der Waals surface area contributed by atoms with E-state index in [-0.39, 0.29) is 18.2 Å². The molecule has 1 amide bonds. The standard InChI is InChI=1S/C18H22FN3O3/c1-3-24-8-4-5-16-20-18(25-21-16)13-10-17(23)22(11-13)15-7-6-12(2)9-14(15)19/h6-7,9,13H,3-5,8,10-11H2,1-2H3. The minimum absolute atomic E-state index is 0.135. The molecule has 0 N–H and O–H groups in total. The third kappa shape index (κ3) is 4.04. The average Bonchev–Trinajstić information content (AvgIpc) is 3.19. The lowest BCUT2D eigenvalue weighted by molar-refractivity contribution is -0.117. The summed E-state index contributed by atoms with van der Waals surface area (Å²) < 4.78 is 24.8. The molecule has 0 spiro atoms. The fraction of sp³-hybridized carbons (Fsp3) is 0.500. The third-order valence-corrected chi connectivity index (χ3v) is 4.25. The van der Waals surface area contributed by atoms with Gasteiger partial charge in [0.1, 0.15) is 5.82 Å². The first-order valence-corrected chi connectivity index (χ1v) is 8.55. The number of aromatic nitrogens is 2. The van der Waals surface area contributed by atoms with Gasteiger partial charge >= 0.3 is 0 Å². The Balaban J connectivity index is 1.65. The molecule has 0 aliphatic carbocycles. The molecule has 3 rings (SSSR count). The highest BCUT2D eigenvalue weighted by Gasteiger charge is 2.36. The number of carbonyl (C=O) groups excluding carboxylic acids is 1. The molecular formula is C18H22FN3O3. The summed E-state index contributed by atoms with van der Waals surface area (Å²) in [6.45, 7) is 5.45. The Bertz CT molecular complexity index is 747. The summed E-state index contributed by atoms with van der Waals surface area (Å²) in [7, 11) is 0. The SMILES string of the molecule is CCOCCCc1noc(C2CC(=O)N(c3ccc(C)cc3F)C2)n1. The van der Waals surface area contributed by atoms with Gasteiger partial charge in [0.05, 0.1) is 11.6 Å². The summed E-state index contributed by atoms with van der Waals surface area (Å²) in [4.78, 5) is 18.1. The van der Waals surface area contributed by atoms with E-state index in [0.717, 1.165) is 12.0 Å². The molecule has 1 unspecified atom stereocenters. The average molecular weight is 347 g/mol. The molecule has 1 aromatic heterocycles. The Kier molecular flexibility index (Phi) is 5.43. The number of hydrogen-bond acceptors (Lipinski definition) is 5. The van der Waals surface area contributed by atoms with Crippen LogP contribution < -0.4 is 4.90 Å². The molecular weight excluding hydrogens is 325 g/mol. The molecule has 134 valence electrons. The van der Waals surface area contributed by atoms with Gasteiger partial charge in [-0.1, -0.05) is 11.2 Å².